The Hall–Kier alpha value is -1.78. The van der Waals surface area contributed by atoms with Gasteiger partial charge in [0.1, 0.15) is 10.8 Å². The summed E-state index contributed by atoms with van der Waals surface area (Å²) in [6.45, 7) is 2.44. The van der Waals surface area contributed by atoms with Crippen LogP contribution in [0.1, 0.15) is 10.6 Å². The lowest BCUT2D eigenvalue weighted by Gasteiger charge is -2.04. The van der Waals surface area contributed by atoms with Crippen LogP contribution in [0.4, 0.5) is 4.39 Å². The zero-order valence-corrected chi connectivity index (χ0v) is 11.3. The van der Waals surface area contributed by atoms with Gasteiger partial charge in [0.25, 0.3) is 0 Å². The van der Waals surface area contributed by atoms with Gasteiger partial charge in [-0.15, -0.1) is 11.3 Å². The molecule has 0 aliphatic heterocycles. The average molecular weight is 272 g/mol. The number of thiazole rings is 1. The van der Waals surface area contributed by atoms with Gasteiger partial charge in [-0.05, 0) is 24.4 Å². The maximum atomic E-state index is 13.8. The van der Waals surface area contributed by atoms with E-state index in [9.17, 15) is 4.39 Å². The van der Waals surface area contributed by atoms with Crippen molar-refractivity contribution < 1.29 is 4.39 Å². The van der Waals surface area contributed by atoms with Gasteiger partial charge >= 0.3 is 0 Å². The van der Waals surface area contributed by atoms with Crippen LogP contribution in [0.15, 0.2) is 36.4 Å². The molecule has 19 heavy (non-hydrogen) atoms. The van der Waals surface area contributed by atoms with E-state index in [1.807, 2.05) is 25.1 Å². The number of aryl methyl sites for hydroxylation is 1. The normalized spacial score (nSPS) is 11.1. The van der Waals surface area contributed by atoms with E-state index in [2.05, 4.69) is 4.98 Å². The van der Waals surface area contributed by atoms with Crippen LogP contribution in [-0.4, -0.2) is 4.98 Å². The summed E-state index contributed by atoms with van der Waals surface area (Å²) in [6.07, 6.45) is 0. The number of hydrogen-bond donors (Lipinski definition) is 1. The van der Waals surface area contributed by atoms with Gasteiger partial charge in [0, 0.05) is 22.4 Å². The second-order valence-corrected chi connectivity index (χ2v) is 5.46. The molecule has 0 bridgehead atoms. The van der Waals surface area contributed by atoms with Crippen molar-refractivity contribution in [2.24, 2.45) is 5.73 Å². The minimum absolute atomic E-state index is 0.202. The highest BCUT2D eigenvalue weighted by Crippen LogP contribution is 2.33. The third-order valence-corrected chi connectivity index (χ3v) is 4.39. The minimum Gasteiger partial charge on any atom is -0.326 e. The molecule has 1 aromatic heterocycles. The monoisotopic (exact) mass is 272 g/mol. The van der Waals surface area contributed by atoms with Gasteiger partial charge in [-0.2, -0.15) is 0 Å². The van der Waals surface area contributed by atoms with E-state index in [1.165, 1.54) is 6.07 Å². The Kier molecular flexibility index (Phi) is 3.05. The first kappa shape index (κ1) is 12.3. The molecule has 3 rings (SSSR count). The predicted octanol–water partition coefficient (Wildman–Crippen LogP) is 3.87. The highest BCUT2D eigenvalue weighted by Gasteiger charge is 2.12. The summed E-state index contributed by atoms with van der Waals surface area (Å²) in [5.41, 5.74) is 7.61. The van der Waals surface area contributed by atoms with Gasteiger partial charge in [0.2, 0.25) is 0 Å². The van der Waals surface area contributed by atoms with Crippen LogP contribution in [0.25, 0.3) is 21.3 Å². The Morgan fingerprint density at radius 1 is 1.16 bits per heavy atom. The van der Waals surface area contributed by atoms with E-state index in [4.69, 9.17) is 5.73 Å². The van der Waals surface area contributed by atoms with E-state index in [1.54, 1.807) is 23.5 Å². The molecule has 1 heterocycles. The second-order valence-electron chi connectivity index (χ2n) is 4.37. The quantitative estimate of drug-likeness (QED) is 0.769. The molecule has 0 radical (unpaired) electrons. The molecule has 3 aromatic rings. The third-order valence-electron chi connectivity index (χ3n) is 3.18. The van der Waals surface area contributed by atoms with Gasteiger partial charge in [-0.25, -0.2) is 9.37 Å². The van der Waals surface area contributed by atoms with E-state index >= 15 is 0 Å². The Morgan fingerprint density at radius 2 is 1.89 bits per heavy atom. The average Bonchev–Trinajstić information content (AvgIpc) is 2.80. The van der Waals surface area contributed by atoms with E-state index in [-0.39, 0.29) is 5.82 Å². The molecule has 2 nitrogen and oxygen atoms in total. The SMILES string of the molecule is Cc1nc(-c2ccc(F)c3ccccc23)sc1CN. The summed E-state index contributed by atoms with van der Waals surface area (Å²) in [5, 5.41) is 2.41. The molecule has 0 aliphatic carbocycles. The number of fused-ring (bicyclic) bond motifs is 1. The number of hydrogen-bond acceptors (Lipinski definition) is 3. The van der Waals surface area contributed by atoms with Gasteiger partial charge in [0.15, 0.2) is 0 Å². The zero-order chi connectivity index (χ0) is 13.4. The van der Waals surface area contributed by atoms with Crippen molar-refractivity contribution >= 4 is 22.1 Å². The summed E-state index contributed by atoms with van der Waals surface area (Å²) in [5.74, 6) is -0.202. The number of nitrogens with zero attached hydrogens (tertiary/aromatic N) is 1. The largest absolute Gasteiger partial charge is 0.326 e. The van der Waals surface area contributed by atoms with Crippen LogP contribution in [0.5, 0.6) is 0 Å². The summed E-state index contributed by atoms with van der Waals surface area (Å²) in [7, 11) is 0. The van der Waals surface area contributed by atoms with Crippen LogP contribution >= 0.6 is 11.3 Å². The second kappa shape index (κ2) is 4.72. The van der Waals surface area contributed by atoms with Crippen molar-refractivity contribution in [2.45, 2.75) is 13.5 Å². The molecule has 0 unspecified atom stereocenters. The van der Waals surface area contributed by atoms with Crippen molar-refractivity contribution in [3.8, 4) is 10.6 Å². The molecule has 4 heteroatoms. The van der Waals surface area contributed by atoms with Gasteiger partial charge in [0.05, 0.1) is 5.69 Å². The molecule has 0 saturated carbocycles. The first-order valence-electron chi connectivity index (χ1n) is 6.04. The number of rotatable bonds is 2. The van der Waals surface area contributed by atoms with Crippen LogP contribution in [-0.2, 0) is 6.54 Å². The first-order chi connectivity index (χ1) is 9.20. The smallest absolute Gasteiger partial charge is 0.131 e. The Bertz CT molecular complexity index is 749. The number of nitrogens with two attached hydrogens (primary N) is 1. The van der Waals surface area contributed by atoms with E-state index in [0.29, 0.717) is 11.9 Å². The fourth-order valence-electron chi connectivity index (χ4n) is 2.18. The maximum Gasteiger partial charge on any atom is 0.131 e. The molecule has 2 aromatic carbocycles. The highest BCUT2D eigenvalue weighted by atomic mass is 32.1. The highest BCUT2D eigenvalue weighted by molar-refractivity contribution is 7.15. The summed E-state index contributed by atoms with van der Waals surface area (Å²) < 4.78 is 13.8. The summed E-state index contributed by atoms with van der Waals surface area (Å²) >= 11 is 1.57. The predicted molar refractivity (Wildman–Crippen MR) is 77.6 cm³/mol. The van der Waals surface area contributed by atoms with Crippen LogP contribution in [0, 0.1) is 12.7 Å². The Morgan fingerprint density at radius 3 is 2.58 bits per heavy atom. The van der Waals surface area contributed by atoms with Crippen molar-refractivity contribution in [3.05, 3.63) is 52.8 Å². The minimum atomic E-state index is -0.202. The Balaban J connectivity index is 2.27. The molecule has 0 spiro atoms. The van der Waals surface area contributed by atoms with Gasteiger partial charge < -0.3 is 5.73 Å². The molecule has 0 saturated heterocycles. The molecular formula is C15H13FN2S. The maximum absolute atomic E-state index is 13.8. The standard InChI is InChI=1S/C15H13FN2S/c1-9-14(8-17)19-15(18-9)12-6-7-13(16)11-5-3-2-4-10(11)12/h2-7H,8,17H2,1H3. The lowest BCUT2D eigenvalue weighted by atomic mass is 10.0. The first-order valence-corrected chi connectivity index (χ1v) is 6.86. The van der Waals surface area contributed by atoms with Crippen molar-refractivity contribution in [3.63, 3.8) is 0 Å². The lowest BCUT2D eigenvalue weighted by Crippen LogP contribution is -1.94. The van der Waals surface area contributed by atoms with E-state index < -0.39 is 0 Å². The summed E-state index contributed by atoms with van der Waals surface area (Å²) in [4.78, 5) is 5.62. The van der Waals surface area contributed by atoms with Crippen LogP contribution in [0.3, 0.4) is 0 Å². The molecule has 2 N–H and O–H groups in total. The molecule has 96 valence electrons. The molecule has 0 atom stereocenters. The Labute approximate surface area is 114 Å². The molecule has 0 fully saturated rings. The van der Waals surface area contributed by atoms with Gasteiger partial charge in [-0.3, -0.25) is 0 Å². The number of aromatic nitrogens is 1. The fourth-order valence-corrected chi connectivity index (χ4v) is 3.16. The third kappa shape index (κ3) is 2.03. The molecule has 0 amide bonds. The molecule has 0 aliphatic rings. The topological polar surface area (TPSA) is 38.9 Å². The van der Waals surface area contributed by atoms with Crippen molar-refractivity contribution in [2.75, 3.05) is 0 Å². The van der Waals surface area contributed by atoms with Gasteiger partial charge in [-0.1, -0.05) is 24.3 Å². The summed E-state index contributed by atoms with van der Waals surface area (Å²) in [6, 6.07) is 10.8. The van der Waals surface area contributed by atoms with Crippen LogP contribution < -0.4 is 5.73 Å². The molecular weight excluding hydrogens is 259 g/mol. The van der Waals surface area contributed by atoms with Crippen molar-refractivity contribution in [1.29, 1.82) is 0 Å². The van der Waals surface area contributed by atoms with Crippen molar-refractivity contribution in [1.82, 2.24) is 4.98 Å². The number of halogens is 1. The van der Waals surface area contributed by atoms with Crippen LogP contribution in [0.2, 0.25) is 0 Å². The lowest BCUT2D eigenvalue weighted by molar-refractivity contribution is 0.640. The van der Waals surface area contributed by atoms with E-state index in [0.717, 1.165) is 26.5 Å². The fraction of sp³-hybridized carbons (Fsp3) is 0.133. The number of benzene rings is 2. The zero-order valence-electron chi connectivity index (χ0n) is 10.5.